The molecule has 27 heavy (non-hydrogen) atoms. The number of nitrogens with zero attached hydrogens (tertiary/aromatic N) is 1. The van der Waals surface area contributed by atoms with Gasteiger partial charge >= 0.3 is 0 Å². The smallest absolute Gasteiger partial charge is 0.127 e. The summed E-state index contributed by atoms with van der Waals surface area (Å²) in [6.07, 6.45) is 0.518. The molecule has 0 aromatic heterocycles. The number of aliphatic hydroxyl groups excluding tert-OH is 1. The number of β-amino-alcohol motifs (C(OH)–C–C–N with tert-alkyl or cyclic N) is 1. The van der Waals surface area contributed by atoms with Crippen LogP contribution in [0.1, 0.15) is 11.1 Å². The van der Waals surface area contributed by atoms with Crippen LogP contribution < -0.4 is 10.1 Å². The van der Waals surface area contributed by atoms with Crippen LogP contribution in [0.2, 0.25) is 0 Å². The number of ether oxygens (including phenoxy) is 2. The van der Waals surface area contributed by atoms with Crippen LogP contribution in [-0.2, 0) is 17.7 Å². The van der Waals surface area contributed by atoms with Gasteiger partial charge in [-0.25, -0.2) is 0 Å². The van der Waals surface area contributed by atoms with E-state index in [2.05, 4.69) is 34.5 Å². The number of hydrogen-bond donors (Lipinski definition) is 2. The van der Waals surface area contributed by atoms with Crippen molar-refractivity contribution in [2.24, 2.45) is 0 Å². The van der Waals surface area contributed by atoms with Crippen molar-refractivity contribution in [1.29, 1.82) is 0 Å². The maximum Gasteiger partial charge on any atom is 0.127 e. The number of benzene rings is 2. The fourth-order valence-electron chi connectivity index (χ4n) is 3.92. The molecule has 1 saturated heterocycles. The summed E-state index contributed by atoms with van der Waals surface area (Å²) < 4.78 is 11.4. The summed E-state index contributed by atoms with van der Waals surface area (Å²) in [6, 6.07) is 14.6. The molecule has 1 atom stereocenters. The van der Waals surface area contributed by atoms with E-state index in [-0.39, 0.29) is 0 Å². The van der Waals surface area contributed by atoms with Gasteiger partial charge in [-0.05, 0) is 35.7 Å². The monoisotopic (exact) mass is 368 g/mol. The topological polar surface area (TPSA) is 54.0 Å². The molecular formula is C22H28N2O3. The number of morpholine rings is 1. The van der Waals surface area contributed by atoms with Gasteiger partial charge in [-0.1, -0.05) is 36.4 Å². The first-order valence-corrected chi connectivity index (χ1v) is 9.83. The Kier molecular flexibility index (Phi) is 6.04. The van der Waals surface area contributed by atoms with E-state index in [0.29, 0.717) is 13.2 Å². The van der Waals surface area contributed by atoms with Gasteiger partial charge in [0.1, 0.15) is 18.5 Å². The van der Waals surface area contributed by atoms with Gasteiger partial charge in [-0.15, -0.1) is 0 Å². The van der Waals surface area contributed by atoms with Crippen LogP contribution in [0, 0.1) is 0 Å². The van der Waals surface area contributed by atoms with E-state index >= 15 is 0 Å². The predicted octanol–water partition coefficient (Wildman–Crippen LogP) is 2.07. The molecular weight excluding hydrogens is 340 g/mol. The van der Waals surface area contributed by atoms with E-state index in [1.54, 1.807) is 0 Å². The lowest BCUT2D eigenvalue weighted by molar-refractivity contribution is 0.00471. The summed E-state index contributed by atoms with van der Waals surface area (Å²) in [4.78, 5) is 2.23. The molecule has 2 aliphatic rings. The minimum atomic E-state index is -0.509. The molecule has 1 unspecified atom stereocenters. The van der Waals surface area contributed by atoms with Crippen molar-refractivity contribution >= 4 is 0 Å². The van der Waals surface area contributed by atoms with Crippen LogP contribution in [0.3, 0.4) is 0 Å². The number of para-hydroxylation sites is 1. The number of fused-ring (bicyclic) bond motifs is 1. The van der Waals surface area contributed by atoms with Crippen molar-refractivity contribution in [2.75, 3.05) is 46.0 Å². The van der Waals surface area contributed by atoms with Crippen molar-refractivity contribution in [3.63, 3.8) is 0 Å². The van der Waals surface area contributed by atoms with Crippen LogP contribution >= 0.6 is 0 Å². The quantitative estimate of drug-likeness (QED) is 0.818. The van der Waals surface area contributed by atoms with Crippen molar-refractivity contribution in [2.45, 2.75) is 19.1 Å². The lowest BCUT2D eigenvalue weighted by Gasteiger charge is -2.28. The number of rotatable bonds is 6. The minimum Gasteiger partial charge on any atom is -0.490 e. The van der Waals surface area contributed by atoms with Gasteiger partial charge in [0.2, 0.25) is 0 Å². The highest BCUT2D eigenvalue weighted by Crippen LogP contribution is 2.34. The molecule has 0 saturated carbocycles. The zero-order valence-corrected chi connectivity index (χ0v) is 15.7. The standard InChI is InChI=1S/C22H28N2O3/c25-18(15-24-10-12-26-13-11-24)16-27-22-7-2-1-5-21(22)20-6-3-4-17-14-23-9-8-19(17)20/h1-7,18,23,25H,8-16H2. The molecule has 0 aliphatic carbocycles. The Morgan fingerprint density at radius 1 is 1.07 bits per heavy atom. The zero-order chi connectivity index (χ0) is 18.5. The Labute approximate surface area is 160 Å². The van der Waals surface area contributed by atoms with E-state index < -0.39 is 6.10 Å². The first-order chi connectivity index (χ1) is 13.3. The van der Waals surface area contributed by atoms with Gasteiger partial charge < -0.3 is 19.9 Å². The fourth-order valence-corrected chi connectivity index (χ4v) is 3.92. The van der Waals surface area contributed by atoms with Crippen LogP contribution in [0.5, 0.6) is 5.75 Å². The molecule has 144 valence electrons. The molecule has 5 nitrogen and oxygen atoms in total. The molecule has 0 spiro atoms. The highest BCUT2D eigenvalue weighted by molar-refractivity contribution is 5.74. The molecule has 2 aromatic carbocycles. The van der Waals surface area contributed by atoms with Crippen molar-refractivity contribution in [3.05, 3.63) is 53.6 Å². The SMILES string of the molecule is OC(COc1ccccc1-c1cccc2c1CCNC2)CN1CCOCC1. The zero-order valence-electron chi connectivity index (χ0n) is 15.7. The molecule has 2 heterocycles. The largest absolute Gasteiger partial charge is 0.490 e. The van der Waals surface area contributed by atoms with Gasteiger partial charge in [0.25, 0.3) is 0 Å². The molecule has 2 aromatic rings. The van der Waals surface area contributed by atoms with Gasteiger partial charge in [-0.3, -0.25) is 4.90 Å². The fraction of sp³-hybridized carbons (Fsp3) is 0.455. The Morgan fingerprint density at radius 3 is 2.78 bits per heavy atom. The normalized spacial score (nSPS) is 18.7. The Bertz CT molecular complexity index is 759. The molecule has 4 rings (SSSR count). The van der Waals surface area contributed by atoms with E-state index in [1.165, 1.54) is 16.7 Å². The summed E-state index contributed by atoms with van der Waals surface area (Å²) in [7, 11) is 0. The third-order valence-corrected chi connectivity index (χ3v) is 5.32. The third kappa shape index (κ3) is 4.50. The average Bonchev–Trinajstić information content (AvgIpc) is 2.73. The first-order valence-electron chi connectivity index (χ1n) is 9.83. The van der Waals surface area contributed by atoms with E-state index in [1.807, 2.05) is 18.2 Å². The Hall–Kier alpha value is -1.92. The van der Waals surface area contributed by atoms with Crippen LogP contribution in [-0.4, -0.2) is 62.1 Å². The van der Waals surface area contributed by atoms with Crippen LogP contribution in [0.15, 0.2) is 42.5 Å². The van der Waals surface area contributed by atoms with Gasteiger partial charge in [0.05, 0.1) is 13.2 Å². The number of nitrogens with one attached hydrogen (secondary N) is 1. The predicted molar refractivity (Wildman–Crippen MR) is 106 cm³/mol. The van der Waals surface area contributed by atoms with Gasteiger partial charge in [-0.2, -0.15) is 0 Å². The summed E-state index contributed by atoms with van der Waals surface area (Å²) in [5, 5.41) is 13.8. The maximum absolute atomic E-state index is 10.4. The maximum atomic E-state index is 10.4. The third-order valence-electron chi connectivity index (χ3n) is 5.32. The van der Waals surface area contributed by atoms with E-state index in [0.717, 1.165) is 57.1 Å². The minimum absolute atomic E-state index is 0.297. The summed E-state index contributed by atoms with van der Waals surface area (Å²) in [5.41, 5.74) is 5.11. The second kappa shape index (κ2) is 8.85. The number of aliphatic hydroxyl groups is 1. The first kappa shape index (κ1) is 18.4. The van der Waals surface area contributed by atoms with Crippen LogP contribution in [0.25, 0.3) is 11.1 Å². The molecule has 0 amide bonds. The Morgan fingerprint density at radius 2 is 1.89 bits per heavy atom. The van der Waals surface area contributed by atoms with Crippen LogP contribution in [0.4, 0.5) is 0 Å². The summed E-state index contributed by atoms with van der Waals surface area (Å²) in [6.45, 7) is 6.07. The number of hydrogen-bond acceptors (Lipinski definition) is 5. The van der Waals surface area contributed by atoms with Gasteiger partial charge in [0.15, 0.2) is 0 Å². The highest BCUT2D eigenvalue weighted by atomic mass is 16.5. The highest BCUT2D eigenvalue weighted by Gasteiger charge is 2.18. The Balaban J connectivity index is 1.47. The molecule has 0 radical (unpaired) electrons. The molecule has 1 fully saturated rings. The lowest BCUT2D eigenvalue weighted by atomic mass is 9.91. The van der Waals surface area contributed by atoms with Crippen molar-refractivity contribution < 1.29 is 14.6 Å². The second-order valence-electron chi connectivity index (χ2n) is 7.24. The molecule has 2 N–H and O–H groups in total. The van der Waals surface area contributed by atoms with Gasteiger partial charge in [0, 0.05) is 31.7 Å². The second-order valence-corrected chi connectivity index (χ2v) is 7.24. The summed E-state index contributed by atoms with van der Waals surface area (Å²) >= 11 is 0. The molecule has 2 aliphatic heterocycles. The average molecular weight is 368 g/mol. The van der Waals surface area contributed by atoms with E-state index in [9.17, 15) is 5.11 Å². The summed E-state index contributed by atoms with van der Waals surface area (Å²) in [5.74, 6) is 0.838. The molecule has 5 heteroatoms. The lowest BCUT2D eigenvalue weighted by Crippen LogP contribution is -2.42. The van der Waals surface area contributed by atoms with E-state index in [4.69, 9.17) is 9.47 Å². The van der Waals surface area contributed by atoms with Crippen molar-refractivity contribution in [3.8, 4) is 16.9 Å². The van der Waals surface area contributed by atoms with Crippen molar-refractivity contribution in [1.82, 2.24) is 10.2 Å². The molecule has 0 bridgehead atoms.